The summed E-state index contributed by atoms with van der Waals surface area (Å²) in [5.74, 6) is 0. The molecular formula is C73H45N. The molecule has 0 N–H and O–H groups in total. The lowest BCUT2D eigenvalue weighted by Crippen LogP contribution is -2.26. The summed E-state index contributed by atoms with van der Waals surface area (Å²) >= 11 is 0. The van der Waals surface area contributed by atoms with E-state index in [1.165, 1.54) is 131 Å². The Kier molecular flexibility index (Phi) is 8.73. The largest absolute Gasteiger partial charge is 0.310 e. The van der Waals surface area contributed by atoms with Gasteiger partial charge in [-0.05, 0) is 168 Å². The van der Waals surface area contributed by atoms with Crippen molar-refractivity contribution in [2.75, 3.05) is 4.90 Å². The fourth-order valence-electron chi connectivity index (χ4n) is 13.5. The second kappa shape index (κ2) is 15.7. The van der Waals surface area contributed by atoms with Crippen LogP contribution in [-0.2, 0) is 5.41 Å². The molecule has 0 aromatic heterocycles. The molecule has 0 heterocycles. The summed E-state index contributed by atoms with van der Waals surface area (Å²) in [5.41, 5.74) is 18.0. The van der Waals surface area contributed by atoms with Crippen molar-refractivity contribution in [2.45, 2.75) is 5.41 Å². The van der Waals surface area contributed by atoms with E-state index in [-0.39, 0.29) is 0 Å². The molecule has 1 spiro atoms. The normalized spacial score (nSPS) is 13.0. The van der Waals surface area contributed by atoms with Crippen LogP contribution in [0.15, 0.2) is 273 Å². The van der Waals surface area contributed by atoms with Crippen molar-refractivity contribution in [3.8, 4) is 44.5 Å². The van der Waals surface area contributed by atoms with Gasteiger partial charge in [-0.15, -0.1) is 0 Å². The molecule has 0 amide bonds. The first kappa shape index (κ1) is 41.1. The summed E-state index contributed by atoms with van der Waals surface area (Å²) in [6.07, 6.45) is 0. The van der Waals surface area contributed by atoms with Crippen LogP contribution in [0.5, 0.6) is 0 Å². The second-order valence-electron chi connectivity index (χ2n) is 20.2. The summed E-state index contributed by atoms with van der Waals surface area (Å²) in [4.78, 5) is 2.57. The maximum atomic E-state index is 2.59. The maximum Gasteiger partial charge on any atom is 0.0726 e. The quantitative estimate of drug-likeness (QED) is 0.155. The molecule has 1 nitrogen and oxygen atoms in total. The van der Waals surface area contributed by atoms with Gasteiger partial charge in [0.2, 0.25) is 0 Å². The number of benzene rings is 14. The summed E-state index contributed by atoms with van der Waals surface area (Å²) in [5, 5.41) is 15.0. The smallest absolute Gasteiger partial charge is 0.0726 e. The van der Waals surface area contributed by atoms with Crippen molar-refractivity contribution in [3.05, 3.63) is 295 Å². The van der Waals surface area contributed by atoms with E-state index in [0.29, 0.717) is 0 Å². The first-order valence-corrected chi connectivity index (χ1v) is 25.8. The van der Waals surface area contributed by atoms with Crippen LogP contribution in [0.4, 0.5) is 17.1 Å². The number of hydrogen-bond donors (Lipinski definition) is 0. The molecule has 0 unspecified atom stereocenters. The highest BCUT2D eigenvalue weighted by molar-refractivity contribution is 6.26. The van der Waals surface area contributed by atoms with Gasteiger partial charge in [-0.3, -0.25) is 0 Å². The first-order valence-electron chi connectivity index (χ1n) is 25.8. The van der Waals surface area contributed by atoms with E-state index in [0.717, 1.165) is 17.1 Å². The van der Waals surface area contributed by atoms with E-state index in [1.54, 1.807) is 0 Å². The molecule has 0 radical (unpaired) electrons. The predicted molar refractivity (Wildman–Crippen MR) is 313 cm³/mol. The van der Waals surface area contributed by atoms with Gasteiger partial charge in [0.15, 0.2) is 0 Å². The lowest BCUT2D eigenvalue weighted by molar-refractivity contribution is 0.794. The van der Waals surface area contributed by atoms with E-state index in [4.69, 9.17) is 0 Å². The summed E-state index contributed by atoms with van der Waals surface area (Å²) in [7, 11) is 0. The molecule has 2 aliphatic carbocycles. The molecule has 342 valence electrons. The number of fused-ring (bicyclic) bond motifs is 20. The van der Waals surface area contributed by atoms with Crippen LogP contribution in [0.1, 0.15) is 22.3 Å². The lowest BCUT2D eigenvalue weighted by atomic mass is 9.70. The number of anilines is 3. The molecule has 0 atom stereocenters. The van der Waals surface area contributed by atoms with E-state index >= 15 is 0 Å². The van der Waals surface area contributed by atoms with Crippen LogP contribution >= 0.6 is 0 Å². The molecule has 0 saturated heterocycles. The van der Waals surface area contributed by atoms with Gasteiger partial charge in [0, 0.05) is 16.9 Å². The fraction of sp³-hybridized carbons (Fsp3) is 0.0137. The second-order valence-corrected chi connectivity index (χ2v) is 20.2. The van der Waals surface area contributed by atoms with Crippen LogP contribution in [0.3, 0.4) is 0 Å². The first-order chi connectivity index (χ1) is 36.7. The minimum Gasteiger partial charge on any atom is -0.310 e. The highest BCUT2D eigenvalue weighted by atomic mass is 15.1. The Bertz CT molecular complexity index is 4590. The van der Waals surface area contributed by atoms with E-state index in [1.807, 2.05) is 0 Å². The lowest BCUT2D eigenvalue weighted by Gasteiger charge is -2.33. The van der Waals surface area contributed by atoms with Crippen LogP contribution in [0, 0.1) is 0 Å². The number of rotatable bonds is 5. The molecule has 74 heavy (non-hydrogen) atoms. The average Bonchev–Trinajstić information content (AvgIpc) is 3.99. The van der Waals surface area contributed by atoms with Gasteiger partial charge < -0.3 is 4.90 Å². The Hall–Kier alpha value is -9.56. The third-order valence-corrected chi connectivity index (χ3v) is 16.6. The summed E-state index contributed by atoms with van der Waals surface area (Å²) in [6, 6.07) is 103. The van der Waals surface area contributed by atoms with Crippen molar-refractivity contribution in [1.82, 2.24) is 0 Å². The van der Waals surface area contributed by atoms with Gasteiger partial charge in [-0.25, -0.2) is 0 Å². The Labute approximate surface area is 429 Å². The van der Waals surface area contributed by atoms with Gasteiger partial charge in [0.05, 0.1) is 11.1 Å². The monoisotopic (exact) mass is 935 g/mol. The molecule has 0 aliphatic heterocycles. The van der Waals surface area contributed by atoms with E-state index < -0.39 is 5.41 Å². The minimum atomic E-state index is -0.541. The average molecular weight is 936 g/mol. The van der Waals surface area contributed by atoms with Crippen molar-refractivity contribution in [1.29, 1.82) is 0 Å². The van der Waals surface area contributed by atoms with Crippen molar-refractivity contribution < 1.29 is 0 Å². The third-order valence-electron chi connectivity index (χ3n) is 16.6. The van der Waals surface area contributed by atoms with Gasteiger partial charge >= 0.3 is 0 Å². The molecule has 2 aliphatic rings. The van der Waals surface area contributed by atoms with Crippen molar-refractivity contribution in [2.24, 2.45) is 0 Å². The zero-order valence-electron chi connectivity index (χ0n) is 40.4. The minimum absolute atomic E-state index is 0.541. The summed E-state index contributed by atoms with van der Waals surface area (Å²) in [6.45, 7) is 0. The maximum absolute atomic E-state index is 2.59. The van der Waals surface area contributed by atoms with Gasteiger partial charge in [0.25, 0.3) is 0 Å². The zero-order chi connectivity index (χ0) is 48.5. The molecule has 0 bridgehead atoms. The molecule has 16 rings (SSSR count). The topological polar surface area (TPSA) is 3.24 Å². The van der Waals surface area contributed by atoms with Crippen LogP contribution in [-0.4, -0.2) is 0 Å². The molecule has 14 aromatic rings. The summed E-state index contributed by atoms with van der Waals surface area (Å²) < 4.78 is 0. The van der Waals surface area contributed by atoms with Crippen LogP contribution in [0.25, 0.3) is 109 Å². The highest BCUT2D eigenvalue weighted by Crippen LogP contribution is 2.64. The number of hydrogen-bond acceptors (Lipinski definition) is 1. The fourth-order valence-corrected chi connectivity index (χ4v) is 13.5. The van der Waals surface area contributed by atoms with Crippen LogP contribution in [0.2, 0.25) is 0 Å². The van der Waals surface area contributed by atoms with Gasteiger partial charge in [0.1, 0.15) is 0 Å². The SMILES string of the molecule is c1ccc2c(c1)-c1ccccc1C21c2ccccc2-c2cc(-c3cc4ccccc4c4ccccc34)c(N(c3ccc(-c4cccc5ccccc45)cc3)c3ccc4c5ccccc5c5ccccc5c4c3)cc21. The molecule has 14 aromatic carbocycles. The van der Waals surface area contributed by atoms with E-state index in [9.17, 15) is 0 Å². The predicted octanol–water partition coefficient (Wildman–Crippen LogP) is 19.8. The Morgan fingerprint density at radius 1 is 0.216 bits per heavy atom. The van der Waals surface area contributed by atoms with Gasteiger partial charge in [-0.2, -0.15) is 0 Å². The Morgan fingerprint density at radius 3 is 1.30 bits per heavy atom. The van der Waals surface area contributed by atoms with Crippen molar-refractivity contribution >= 4 is 81.7 Å². The molecule has 0 saturated carbocycles. The van der Waals surface area contributed by atoms with E-state index in [2.05, 4.69) is 278 Å². The third kappa shape index (κ3) is 5.69. The van der Waals surface area contributed by atoms with Gasteiger partial charge in [-0.1, -0.05) is 231 Å². The number of nitrogens with zero attached hydrogens (tertiary/aromatic N) is 1. The Morgan fingerprint density at radius 2 is 0.662 bits per heavy atom. The molecular weight excluding hydrogens is 891 g/mol. The molecule has 1 heteroatoms. The molecule has 0 fully saturated rings. The van der Waals surface area contributed by atoms with Crippen LogP contribution < -0.4 is 4.90 Å². The standard InChI is InChI=1S/C73H45N/c1-3-21-51-46(18-1)20-17-32-52(51)47-36-38-49(39-37-47)74(50-40-41-60-57-26-7-6-24-55(57)56-25-8-10-28-59(56)65(60)43-50)72-45-71-66(44-67(72)64-42-48-19-2-4-22-53(48)54-23-5-9-27-58(54)64)63-31-13-16-35-70(63)73(71)68-33-14-11-29-61(68)62-30-12-15-34-69(62)73/h1-45H. The zero-order valence-corrected chi connectivity index (χ0v) is 40.4. The Balaban J connectivity index is 1.05. The highest BCUT2D eigenvalue weighted by Gasteiger charge is 2.52. The van der Waals surface area contributed by atoms with Crippen molar-refractivity contribution in [3.63, 3.8) is 0 Å².